The van der Waals surface area contributed by atoms with Gasteiger partial charge in [0.15, 0.2) is 0 Å². The molecule has 2 heteroatoms. The van der Waals surface area contributed by atoms with Gasteiger partial charge in [0.05, 0.1) is 11.0 Å². The number of nitrogens with zero attached hydrogens (tertiary/aromatic N) is 1. The number of benzene rings is 7. The van der Waals surface area contributed by atoms with E-state index in [1.54, 1.807) is 0 Å². The van der Waals surface area contributed by atoms with E-state index in [1.807, 2.05) is 0 Å². The number of aromatic amines is 1. The first kappa shape index (κ1) is 25.6. The maximum atomic E-state index is 3.84. The van der Waals surface area contributed by atoms with Gasteiger partial charge in [0.2, 0.25) is 0 Å². The van der Waals surface area contributed by atoms with Crippen LogP contribution in [0.4, 0.5) is 0 Å². The van der Waals surface area contributed by atoms with Crippen molar-refractivity contribution in [2.75, 3.05) is 0 Å². The first-order chi connectivity index (χ1) is 22.2. The third-order valence-corrected chi connectivity index (χ3v) is 9.31. The summed E-state index contributed by atoms with van der Waals surface area (Å²) in [5.41, 5.74) is 9.71. The van der Waals surface area contributed by atoms with Crippen molar-refractivity contribution >= 4 is 89.5 Å². The van der Waals surface area contributed by atoms with Gasteiger partial charge in [0.1, 0.15) is 0 Å². The zero-order valence-electron chi connectivity index (χ0n) is 25.0. The molecule has 0 bridgehead atoms. The summed E-state index contributed by atoms with van der Waals surface area (Å²) in [6, 6.07) is 48.0. The van der Waals surface area contributed by atoms with Crippen LogP contribution in [0.2, 0.25) is 0 Å². The number of aromatic nitrogens is 2. The van der Waals surface area contributed by atoms with E-state index in [-0.39, 0.29) is 0 Å². The molecular weight excluding hydrogens is 544 g/mol. The van der Waals surface area contributed by atoms with Crippen LogP contribution in [0.15, 0.2) is 133 Å². The Morgan fingerprint density at radius 2 is 0.978 bits per heavy atom. The Labute approximate surface area is 261 Å². The molecule has 1 N–H and O–H groups in total. The lowest BCUT2D eigenvalue weighted by Gasteiger charge is -2.07. The number of nitrogens with one attached hydrogen (secondary N) is 1. The zero-order chi connectivity index (χ0) is 29.9. The number of hydrogen-bond acceptors (Lipinski definition) is 0. The standard InChI is InChI=1S/C43H30N2/c1-45-41-27-36-38-24-30(22-20-28-12-4-2-5-13-28)32-16-8-10-18-34(32)42(38)44-40(36)26-37(41)39-25-31(23-21-29-14-6-3-7-15-29)33-17-9-11-19-35(33)43(39)45/h2-27,44H,1H3/b22-20+,23-21+. The summed E-state index contributed by atoms with van der Waals surface area (Å²) in [6.45, 7) is 0. The molecule has 0 spiro atoms. The van der Waals surface area contributed by atoms with E-state index < -0.39 is 0 Å². The number of rotatable bonds is 4. The summed E-state index contributed by atoms with van der Waals surface area (Å²) >= 11 is 0. The molecule has 212 valence electrons. The van der Waals surface area contributed by atoms with Crippen LogP contribution in [0.25, 0.3) is 89.5 Å². The lowest BCUT2D eigenvalue weighted by atomic mass is 9.98. The quantitative estimate of drug-likeness (QED) is 0.202. The summed E-state index contributed by atoms with van der Waals surface area (Å²) in [5.74, 6) is 0. The summed E-state index contributed by atoms with van der Waals surface area (Å²) in [5, 5.41) is 10.1. The van der Waals surface area contributed by atoms with Gasteiger partial charge in [-0.25, -0.2) is 0 Å². The summed E-state index contributed by atoms with van der Waals surface area (Å²) < 4.78 is 2.38. The van der Waals surface area contributed by atoms with Gasteiger partial charge in [-0.3, -0.25) is 0 Å². The first-order valence-electron chi connectivity index (χ1n) is 15.5. The molecular formula is C43H30N2. The van der Waals surface area contributed by atoms with Crippen molar-refractivity contribution in [3.05, 3.63) is 156 Å². The highest BCUT2D eigenvalue weighted by molar-refractivity contribution is 6.25. The van der Waals surface area contributed by atoms with E-state index in [0.29, 0.717) is 0 Å². The second-order valence-electron chi connectivity index (χ2n) is 11.9. The molecule has 0 aliphatic heterocycles. The van der Waals surface area contributed by atoms with Crippen LogP contribution in [0.5, 0.6) is 0 Å². The van der Waals surface area contributed by atoms with E-state index >= 15 is 0 Å². The van der Waals surface area contributed by atoms with Gasteiger partial charge in [-0.15, -0.1) is 0 Å². The fourth-order valence-corrected chi connectivity index (χ4v) is 7.14. The SMILES string of the molecule is Cn1c2cc3c(cc2c2cc(/C=C/c4ccccc4)c4ccccc4c21)[nH]c1c2ccccc2c(/C=C/c2ccccc2)cc31. The van der Waals surface area contributed by atoms with Crippen molar-refractivity contribution in [1.29, 1.82) is 0 Å². The van der Waals surface area contributed by atoms with Gasteiger partial charge < -0.3 is 9.55 Å². The second kappa shape index (κ2) is 10.1. The van der Waals surface area contributed by atoms with E-state index in [9.17, 15) is 0 Å². The summed E-state index contributed by atoms with van der Waals surface area (Å²) in [7, 11) is 2.21. The van der Waals surface area contributed by atoms with Gasteiger partial charge in [0, 0.05) is 50.4 Å². The molecule has 0 saturated carbocycles. The molecule has 0 atom stereocenters. The molecule has 7 aromatic carbocycles. The highest BCUT2D eigenvalue weighted by Crippen LogP contribution is 2.41. The van der Waals surface area contributed by atoms with Crippen LogP contribution in [0.3, 0.4) is 0 Å². The summed E-state index contributed by atoms with van der Waals surface area (Å²) in [6.07, 6.45) is 8.93. The lowest BCUT2D eigenvalue weighted by molar-refractivity contribution is 1.02. The molecule has 2 heterocycles. The van der Waals surface area contributed by atoms with Gasteiger partial charge in [-0.1, -0.05) is 133 Å². The van der Waals surface area contributed by atoms with Gasteiger partial charge in [0.25, 0.3) is 0 Å². The smallest absolute Gasteiger partial charge is 0.0568 e. The molecule has 0 amide bonds. The summed E-state index contributed by atoms with van der Waals surface area (Å²) in [4.78, 5) is 3.84. The van der Waals surface area contributed by atoms with Crippen molar-refractivity contribution in [3.8, 4) is 0 Å². The predicted molar refractivity (Wildman–Crippen MR) is 196 cm³/mol. The fourth-order valence-electron chi connectivity index (χ4n) is 7.14. The van der Waals surface area contributed by atoms with Crippen LogP contribution in [0, 0.1) is 0 Å². The Bertz CT molecular complexity index is 2630. The Morgan fingerprint density at radius 1 is 0.444 bits per heavy atom. The third kappa shape index (κ3) is 4.11. The van der Waals surface area contributed by atoms with Gasteiger partial charge in [-0.05, 0) is 57.3 Å². The zero-order valence-corrected chi connectivity index (χ0v) is 25.0. The van der Waals surface area contributed by atoms with Crippen molar-refractivity contribution in [2.45, 2.75) is 0 Å². The minimum absolute atomic E-state index is 1.16. The molecule has 45 heavy (non-hydrogen) atoms. The topological polar surface area (TPSA) is 20.7 Å². The number of fused-ring (bicyclic) bond motifs is 10. The number of H-pyrrole nitrogens is 1. The minimum atomic E-state index is 1.16. The van der Waals surface area contributed by atoms with Crippen LogP contribution in [-0.4, -0.2) is 9.55 Å². The highest BCUT2D eigenvalue weighted by Gasteiger charge is 2.17. The van der Waals surface area contributed by atoms with E-state index in [2.05, 4.69) is 174 Å². The van der Waals surface area contributed by atoms with Crippen LogP contribution >= 0.6 is 0 Å². The largest absolute Gasteiger partial charge is 0.354 e. The molecule has 2 nitrogen and oxygen atoms in total. The first-order valence-corrected chi connectivity index (χ1v) is 15.5. The van der Waals surface area contributed by atoms with Crippen molar-refractivity contribution in [2.24, 2.45) is 7.05 Å². The maximum absolute atomic E-state index is 3.84. The molecule has 2 aromatic heterocycles. The van der Waals surface area contributed by atoms with Crippen LogP contribution in [0.1, 0.15) is 22.3 Å². The fraction of sp³-hybridized carbons (Fsp3) is 0.0233. The van der Waals surface area contributed by atoms with Crippen molar-refractivity contribution < 1.29 is 0 Å². The lowest BCUT2D eigenvalue weighted by Crippen LogP contribution is -1.89. The van der Waals surface area contributed by atoms with Crippen LogP contribution in [-0.2, 0) is 7.05 Å². The molecule has 9 rings (SSSR count). The minimum Gasteiger partial charge on any atom is -0.354 e. The Balaban J connectivity index is 1.30. The average molecular weight is 575 g/mol. The molecule has 0 aliphatic rings. The monoisotopic (exact) mass is 574 g/mol. The highest BCUT2D eigenvalue weighted by atomic mass is 14.9. The Morgan fingerprint density at radius 3 is 1.62 bits per heavy atom. The third-order valence-electron chi connectivity index (χ3n) is 9.31. The number of hydrogen-bond donors (Lipinski definition) is 1. The van der Waals surface area contributed by atoms with E-state index in [1.165, 1.54) is 81.9 Å². The van der Waals surface area contributed by atoms with Crippen LogP contribution < -0.4 is 0 Å². The van der Waals surface area contributed by atoms with Crippen molar-refractivity contribution in [3.63, 3.8) is 0 Å². The molecule has 9 aromatic rings. The predicted octanol–water partition coefficient (Wildman–Crippen LogP) is 11.6. The van der Waals surface area contributed by atoms with Gasteiger partial charge in [-0.2, -0.15) is 0 Å². The van der Waals surface area contributed by atoms with Gasteiger partial charge >= 0.3 is 0 Å². The second-order valence-corrected chi connectivity index (χ2v) is 11.9. The molecule has 0 radical (unpaired) electrons. The normalized spacial score (nSPS) is 12.4. The average Bonchev–Trinajstić information content (AvgIpc) is 3.60. The molecule has 0 unspecified atom stereocenters. The maximum Gasteiger partial charge on any atom is 0.0568 e. The van der Waals surface area contributed by atoms with E-state index in [4.69, 9.17) is 0 Å². The molecule has 0 saturated heterocycles. The Hall–Kier alpha value is -5.86. The van der Waals surface area contributed by atoms with E-state index in [0.717, 1.165) is 5.52 Å². The Kier molecular flexibility index (Phi) is 5.76. The molecule has 0 fully saturated rings. The van der Waals surface area contributed by atoms with Crippen molar-refractivity contribution in [1.82, 2.24) is 9.55 Å². The number of aryl methyl sites for hydroxylation is 1. The molecule has 0 aliphatic carbocycles.